The van der Waals surface area contributed by atoms with Crippen molar-refractivity contribution in [3.05, 3.63) is 33.4 Å². The number of carbonyl (C=O) groups is 1. The molecule has 0 bridgehead atoms. The van der Waals surface area contributed by atoms with Crippen molar-refractivity contribution in [3.63, 3.8) is 0 Å². The van der Waals surface area contributed by atoms with Crippen molar-refractivity contribution in [1.29, 1.82) is 0 Å². The van der Waals surface area contributed by atoms with Crippen LogP contribution in [0, 0.1) is 13.4 Å². The van der Waals surface area contributed by atoms with Gasteiger partial charge in [-0.15, -0.1) is 0 Å². The van der Waals surface area contributed by atoms with Gasteiger partial charge in [-0.1, -0.05) is 0 Å². The van der Waals surface area contributed by atoms with Gasteiger partial charge >= 0.3 is 110 Å². The van der Waals surface area contributed by atoms with Gasteiger partial charge in [0.1, 0.15) is 0 Å². The van der Waals surface area contributed by atoms with Gasteiger partial charge in [-0.25, -0.2) is 0 Å². The fourth-order valence-electron chi connectivity index (χ4n) is 1.57. The number of unbranched alkanes of at least 4 members (excludes halogenated alkanes) is 3. The van der Waals surface area contributed by atoms with Gasteiger partial charge in [0.15, 0.2) is 0 Å². The third-order valence-corrected chi connectivity index (χ3v) is 6.19. The summed E-state index contributed by atoms with van der Waals surface area (Å²) in [6, 6.07) is 7.62. The Morgan fingerprint density at radius 1 is 1.29 bits per heavy atom. The van der Waals surface area contributed by atoms with Crippen LogP contribution in [0.1, 0.15) is 43.0 Å². The second-order valence-electron chi connectivity index (χ2n) is 3.82. The molecule has 90 valence electrons. The SMILES string of the molecule is CCCCCC#CI1OC(=O)c2ccccc21. The summed E-state index contributed by atoms with van der Waals surface area (Å²) in [6.07, 6.45) is 4.49. The van der Waals surface area contributed by atoms with Gasteiger partial charge in [0.05, 0.1) is 0 Å². The molecular formula is C14H15IO2. The zero-order valence-electron chi connectivity index (χ0n) is 9.83. The summed E-state index contributed by atoms with van der Waals surface area (Å²) in [5.74, 6) is 2.98. The van der Waals surface area contributed by atoms with Crippen LogP contribution in [0.3, 0.4) is 0 Å². The molecule has 1 heterocycles. The van der Waals surface area contributed by atoms with Gasteiger partial charge in [0.2, 0.25) is 0 Å². The van der Waals surface area contributed by atoms with Gasteiger partial charge in [0.25, 0.3) is 0 Å². The number of halogens is 1. The molecular weight excluding hydrogens is 327 g/mol. The molecule has 2 rings (SSSR count). The van der Waals surface area contributed by atoms with E-state index in [4.69, 9.17) is 3.07 Å². The van der Waals surface area contributed by atoms with Crippen molar-refractivity contribution in [2.24, 2.45) is 0 Å². The zero-order chi connectivity index (χ0) is 12.1. The predicted molar refractivity (Wildman–Crippen MR) is 76.5 cm³/mol. The number of carbonyl (C=O) groups excluding carboxylic acids is 1. The monoisotopic (exact) mass is 342 g/mol. The van der Waals surface area contributed by atoms with E-state index in [2.05, 4.69) is 16.8 Å². The van der Waals surface area contributed by atoms with Crippen LogP contribution in [0.5, 0.6) is 0 Å². The molecule has 0 aliphatic carbocycles. The fraction of sp³-hybridized carbons (Fsp3) is 0.357. The van der Waals surface area contributed by atoms with Gasteiger partial charge in [0, 0.05) is 0 Å². The van der Waals surface area contributed by atoms with E-state index in [0.29, 0.717) is 0 Å². The quantitative estimate of drug-likeness (QED) is 0.472. The normalized spacial score (nSPS) is 14.9. The molecule has 1 aromatic rings. The first kappa shape index (κ1) is 12.4. The van der Waals surface area contributed by atoms with E-state index >= 15 is 0 Å². The standard InChI is InChI=1S/C14H15IO2/c1-2-3-4-5-8-11-15-13-10-7-6-9-12(13)14(16)17-15/h6-7,9-10H,2-5H2,1H3. The molecule has 0 radical (unpaired) electrons. The van der Waals surface area contributed by atoms with Crippen LogP contribution in [0.2, 0.25) is 0 Å². The van der Waals surface area contributed by atoms with Crippen LogP contribution >= 0.6 is 20.2 Å². The van der Waals surface area contributed by atoms with Crippen molar-refractivity contribution in [3.8, 4) is 9.85 Å². The summed E-state index contributed by atoms with van der Waals surface area (Å²) in [5.41, 5.74) is 0.723. The molecule has 0 spiro atoms. The Bertz CT molecular complexity index is 471. The Hall–Kier alpha value is -1.02. The number of hydrogen-bond acceptors (Lipinski definition) is 2. The van der Waals surface area contributed by atoms with Crippen LogP contribution in [0.15, 0.2) is 24.3 Å². The molecule has 0 saturated carbocycles. The van der Waals surface area contributed by atoms with E-state index in [1.807, 2.05) is 24.3 Å². The van der Waals surface area contributed by atoms with Crippen molar-refractivity contribution in [1.82, 2.24) is 0 Å². The summed E-state index contributed by atoms with van der Waals surface area (Å²) in [4.78, 5) is 11.6. The fourth-order valence-corrected chi connectivity index (χ4v) is 4.92. The zero-order valence-corrected chi connectivity index (χ0v) is 12.0. The third-order valence-electron chi connectivity index (χ3n) is 2.48. The number of rotatable bonds is 3. The Labute approximate surface area is 110 Å². The minimum atomic E-state index is -1.98. The molecule has 0 saturated heterocycles. The summed E-state index contributed by atoms with van der Waals surface area (Å²) < 4.78 is 9.63. The van der Waals surface area contributed by atoms with E-state index in [9.17, 15) is 4.79 Å². The first-order valence-electron chi connectivity index (χ1n) is 5.83. The molecule has 3 heteroatoms. The first-order valence-corrected chi connectivity index (χ1v) is 8.87. The van der Waals surface area contributed by atoms with Crippen molar-refractivity contribution in [2.75, 3.05) is 0 Å². The molecule has 1 aliphatic rings. The molecule has 0 amide bonds. The Balaban J connectivity index is 2.02. The number of hydrogen-bond donors (Lipinski definition) is 0. The van der Waals surface area contributed by atoms with Crippen LogP contribution in [-0.4, -0.2) is 5.97 Å². The van der Waals surface area contributed by atoms with Gasteiger partial charge in [-0.05, 0) is 0 Å². The van der Waals surface area contributed by atoms with Crippen molar-refractivity contribution in [2.45, 2.75) is 32.6 Å². The van der Waals surface area contributed by atoms with Crippen molar-refractivity contribution >= 4 is 26.2 Å². The third kappa shape index (κ3) is 3.01. The molecule has 0 N–H and O–H groups in total. The molecule has 0 aromatic heterocycles. The average molecular weight is 342 g/mol. The van der Waals surface area contributed by atoms with E-state index in [0.717, 1.165) is 22.0 Å². The van der Waals surface area contributed by atoms with Gasteiger partial charge in [-0.3, -0.25) is 0 Å². The Morgan fingerprint density at radius 3 is 2.94 bits per heavy atom. The topological polar surface area (TPSA) is 26.3 Å². The van der Waals surface area contributed by atoms with Gasteiger partial charge < -0.3 is 0 Å². The second-order valence-corrected chi connectivity index (χ2v) is 7.38. The molecule has 17 heavy (non-hydrogen) atoms. The van der Waals surface area contributed by atoms with Crippen LogP contribution in [0.4, 0.5) is 0 Å². The van der Waals surface area contributed by atoms with Crippen LogP contribution in [0.25, 0.3) is 0 Å². The van der Waals surface area contributed by atoms with Crippen LogP contribution in [-0.2, 0) is 3.07 Å². The summed E-state index contributed by atoms with van der Waals surface area (Å²) >= 11 is -1.98. The molecule has 1 aromatic carbocycles. The number of fused-ring (bicyclic) bond motifs is 1. The molecule has 0 atom stereocenters. The Kier molecular flexibility index (Phi) is 4.43. The maximum absolute atomic E-state index is 11.6. The average Bonchev–Trinajstić information content (AvgIpc) is 2.67. The summed E-state index contributed by atoms with van der Waals surface area (Å²) in [6.45, 7) is 2.18. The van der Waals surface area contributed by atoms with E-state index in [1.165, 1.54) is 12.8 Å². The maximum atomic E-state index is 11.6. The first-order chi connectivity index (χ1) is 8.33. The van der Waals surface area contributed by atoms with E-state index in [1.54, 1.807) is 0 Å². The Morgan fingerprint density at radius 2 is 2.12 bits per heavy atom. The molecule has 0 fully saturated rings. The molecule has 1 aliphatic heterocycles. The van der Waals surface area contributed by atoms with Gasteiger partial charge in [-0.2, -0.15) is 0 Å². The summed E-state index contributed by atoms with van der Waals surface area (Å²) in [7, 11) is 0. The van der Waals surface area contributed by atoms with E-state index in [-0.39, 0.29) is 5.97 Å². The second kappa shape index (κ2) is 6.06. The van der Waals surface area contributed by atoms with E-state index < -0.39 is 20.2 Å². The predicted octanol–water partition coefficient (Wildman–Crippen LogP) is 3.99. The molecule has 2 nitrogen and oxygen atoms in total. The van der Waals surface area contributed by atoms with Crippen molar-refractivity contribution < 1.29 is 7.86 Å². The number of benzene rings is 1. The summed E-state index contributed by atoms with van der Waals surface area (Å²) in [5, 5.41) is 0. The van der Waals surface area contributed by atoms with Crippen LogP contribution < -0.4 is 0 Å². The molecule has 0 unspecified atom stereocenters. The minimum absolute atomic E-state index is 0.186.